The van der Waals surface area contributed by atoms with Gasteiger partial charge >= 0.3 is 0 Å². The molecule has 6 nitrogen and oxygen atoms in total. The van der Waals surface area contributed by atoms with E-state index in [4.69, 9.17) is 4.74 Å². The number of nitrogens with zero attached hydrogens (tertiary/aromatic N) is 1. The maximum atomic E-state index is 12.6. The van der Waals surface area contributed by atoms with E-state index in [1.165, 1.54) is 0 Å². The standard InChI is InChI=1S/C22H27N3O3/c1-3-17-7-4-6-16(2)21(17)24-20(26)15-23-19-9-5-8-18(14-19)22(27)25-10-12-28-13-11-25/h4-9,14,23H,3,10-13,15H2,1-2H3,(H,24,26). The van der Waals surface area contributed by atoms with E-state index in [-0.39, 0.29) is 18.4 Å². The molecule has 0 radical (unpaired) electrons. The number of hydrogen-bond donors (Lipinski definition) is 2. The molecule has 1 fully saturated rings. The number of morpholine rings is 1. The molecule has 148 valence electrons. The first-order valence-corrected chi connectivity index (χ1v) is 9.67. The minimum absolute atomic E-state index is 0.0103. The number of aryl methyl sites for hydroxylation is 2. The molecule has 28 heavy (non-hydrogen) atoms. The third-order valence-electron chi connectivity index (χ3n) is 4.87. The number of amides is 2. The Hall–Kier alpha value is -2.86. The van der Waals surface area contributed by atoms with Crippen LogP contribution in [0.3, 0.4) is 0 Å². The molecule has 0 aromatic heterocycles. The number of carbonyl (C=O) groups excluding carboxylic acids is 2. The molecule has 3 rings (SSSR count). The molecule has 0 aliphatic carbocycles. The molecule has 1 aliphatic heterocycles. The number of carbonyl (C=O) groups is 2. The van der Waals surface area contributed by atoms with E-state index in [0.717, 1.165) is 28.9 Å². The normalized spacial score (nSPS) is 13.9. The van der Waals surface area contributed by atoms with Crippen LogP contribution in [-0.4, -0.2) is 49.6 Å². The summed E-state index contributed by atoms with van der Waals surface area (Å²) in [6, 6.07) is 13.3. The predicted molar refractivity (Wildman–Crippen MR) is 111 cm³/mol. The number of anilines is 2. The smallest absolute Gasteiger partial charge is 0.254 e. The molecule has 0 bridgehead atoms. The Morgan fingerprint density at radius 3 is 2.61 bits per heavy atom. The van der Waals surface area contributed by atoms with E-state index >= 15 is 0 Å². The van der Waals surface area contributed by atoms with Gasteiger partial charge in [-0.15, -0.1) is 0 Å². The third kappa shape index (κ3) is 4.89. The molecule has 0 atom stereocenters. The van der Waals surface area contributed by atoms with Crippen molar-refractivity contribution in [3.8, 4) is 0 Å². The second-order valence-electron chi connectivity index (χ2n) is 6.85. The van der Waals surface area contributed by atoms with E-state index in [0.29, 0.717) is 31.9 Å². The summed E-state index contributed by atoms with van der Waals surface area (Å²) >= 11 is 0. The molecule has 0 saturated carbocycles. The average Bonchev–Trinajstić information content (AvgIpc) is 2.74. The highest BCUT2D eigenvalue weighted by Gasteiger charge is 2.18. The minimum Gasteiger partial charge on any atom is -0.378 e. The maximum absolute atomic E-state index is 12.6. The largest absolute Gasteiger partial charge is 0.378 e. The molecular formula is C22H27N3O3. The zero-order valence-corrected chi connectivity index (χ0v) is 16.5. The van der Waals surface area contributed by atoms with Gasteiger partial charge in [0.25, 0.3) is 5.91 Å². The van der Waals surface area contributed by atoms with Crippen LogP contribution in [0, 0.1) is 6.92 Å². The van der Waals surface area contributed by atoms with Gasteiger partial charge in [-0.3, -0.25) is 9.59 Å². The van der Waals surface area contributed by atoms with Gasteiger partial charge in [-0.2, -0.15) is 0 Å². The summed E-state index contributed by atoms with van der Waals surface area (Å²) in [4.78, 5) is 26.8. The monoisotopic (exact) mass is 381 g/mol. The number of ether oxygens (including phenoxy) is 1. The van der Waals surface area contributed by atoms with Gasteiger partial charge in [0, 0.05) is 30.0 Å². The van der Waals surface area contributed by atoms with Crippen molar-refractivity contribution in [2.45, 2.75) is 20.3 Å². The van der Waals surface area contributed by atoms with Crippen molar-refractivity contribution in [3.05, 3.63) is 59.2 Å². The van der Waals surface area contributed by atoms with Crippen LogP contribution in [0.15, 0.2) is 42.5 Å². The van der Waals surface area contributed by atoms with Crippen LogP contribution in [0.2, 0.25) is 0 Å². The van der Waals surface area contributed by atoms with Crippen molar-refractivity contribution in [2.24, 2.45) is 0 Å². The van der Waals surface area contributed by atoms with Gasteiger partial charge in [0.1, 0.15) is 0 Å². The van der Waals surface area contributed by atoms with Crippen molar-refractivity contribution in [1.29, 1.82) is 0 Å². The van der Waals surface area contributed by atoms with Gasteiger partial charge in [0.05, 0.1) is 19.8 Å². The lowest BCUT2D eigenvalue weighted by Crippen LogP contribution is -2.40. The van der Waals surface area contributed by atoms with Crippen LogP contribution in [0.4, 0.5) is 11.4 Å². The first-order valence-electron chi connectivity index (χ1n) is 9.67. The van der Waals surface area contributed by atoms with Gasteiger partial charge in [-0.25, -0.2) is 0 Å². The van der Waals surface area contributed by atoms with Crippen LogP contribution in [0.5, 0.6) is 0 Å². The summed E-state index contributed by atoms with van der Waals surface area (Å²) < 4.78 is 5.30. The summed E-state index contributed by atoms with van der Waals surface area (Å²) in [5, 5.41) is 6.11. The number of nitrogens with one attached hydrogen (secondary N) is 2. The second-order valence-corrected chi connectivity index (χ2v) is 6.85. The topological polar surface area (TPSA) is 70.7 Å². The molecule has 0 unspecified atom stereocenters. The zero-order valence-electron chi connectivity index (χ0n) is 16.5. The molecule has 1 aliphatic rings. The molecule has 2 aromatic rings. The highest BCUT2D eigenvalue weighted by molar-refractivity contribution is 5.97. The summed E-state index contributed by atoms with van der Waals surface area (Å²) in [7, 11) is 0. The Labute approximate surface area is 165 Å². The van der Waals surface area contributed by atoms with Gasteiger partial charge in [0.15, 0.2) is 0 Å². The van der Waals surface area contributed by atoms with Crippen molar-refractivity contribution in [1.82, 2.24) is 4.90 Å². The van der Waals surface area contributed by atoms with Crippen LogP contribution >= 0.6 is 0 Å². The Morgan fingerprint density at radius 2 is 1.86 bits per heavy atom. The van der Waals surface area contributed by atoms with Crippen LogP contribution in [0.25, 0.3) is 0 Å². The third-order valence-corrected chi connectivity index (χ3v) is 4.87. The van der Waals surface area contributed by atoms with Crippen LogP contribution in [0.1, 0.15) is 28.4 Å². The molecule has 2 amide bonds. The maximum Gasteiger partial charge on any atom is 0.254 e. The molecule has 2 N–H and O–H groups in total. The van der Waals surface area contributed by atoms with Gasteiger partial charge in [-0.05, 0) is 42.7 Å². The molecular weight excluding hydrogens is 354 g/mol. The van der Waals surface area contributed by atoms with Crippen molar-refractivity contribution in [2.75, 3.05) is 43.5 Å². The predicted octanol–water partition coefficient (Wildman–Crippen LogP) is 3.08. The van der Waals surface area contributed by atoms with Crippen molar-refractivity contribution < 1.29 is 14.3 Å². The fourth-order valence-electron chi connectivity index (χ4n) is 3.28. The van der Waals surface area contributed by atoms with Crippen molar-refractivity contribution in [3.63, 3.8) is 0 Å². The second kappa shape index (κ2) is 9.37. The number of para-hydroxylation sites is 1. The summed E-state index contributed by atoms with van der Waals surface area (Å²) in [5.41, 5.74) is 4.40. The highest BCUT2D eigenvalue weighted by Crippen LogP contribution is 2.21. The number of hydrogen-bond acceptors (Lipinski definition) is 4. The first kappa shape index (κ1) is 19.9. The average molecular weight is 381 g/mol. The molecule has 1 heterocycles. The highest BCUT2D eigenvalue weighted by atomic mass is 16.5. The quantitative estimate of drug-likeness (QED) is 0.807. The lowest BCUT2D eigenvalue weighted by Gasteiger charge is -2.27. The number of rotatable bonds is 6. The van der Waals surface area contributed by atoms with E-state index in [9.17, 15) is 9.59 Å². The fraction of sp³-hybridized carbons (Fsp3) is 0.364. The summed E-state index contributed by atoms with van der Waals surface area (Å²) in [5.74, 6) is -0.127. The van der Waals surface area contributed by atoms with E-state index in [1.54, 1.807) is 17.0 Å². The Bertz CT molecular complexity index is 845. The fourth-order valence-corrected chi connectivity index (χ4v) is 3.28. The molecule has 6 heteroatoms. The lowest BCUT2D eigenvalue weighted by atomic mass is 10.1. The molecule has 0 spiro atoms. The Morgan fingerprint density at radius 1 is 1.11 bits per heavy atom. The summed E-state index contributed by atoms with van der Waals surface area (Å²) in [6.45, 7) is 6.55. The van der Waals surface area contributed by atoms with Crippen molar-refractivity contribution >= 4 is 23.2 Å². The Balaban J connectivity index is 1.60. The first-order chi connectivity index (χ1) is 13.6. The number of benzene rings is 2. The van der Waals surface area contributed by atoms with Crippen LogP contribution < -0.4 is 10.6 Å². The van der Waals surface area contributed by atoms with E-state index in [1.807, 2.05) is 37.3 Å². The van der Waals surface area contributed by atoms with E-state index in [2.05, 4.69) is 17.6 Å². The van der Waals surface area contributed by atoms with Gasteiger partial charge < -0.3 is 20.3 Å². The Kier molecular flexibility index (Phi) is 6.66. The minimum atomic E-state index is -0.117. The molecule has 1 saturated heterocycles. The van der Waals surface area contributed by atoms with Crippen LogP contribution in [-0.2, 0) is 16.0 Å². The summed E-state index contributed by atoms with van der Waals surface area (Å²) in [6.07, 6.45) is 0.858. The zero-order chi connectivity index (χ0) is 19.9. The van der Waals surface area contributed by atoms with E-state index < -0.39 is 0 Å². The molecule has 2 aromatic carbocycles. The lowest BCUT2D eigenvalue weighted by molar-refractivity contribution is -0.114. The SMILES string of the molecule is CCc1cccc(C)c1NC(=O)CNc1cccc(C(=O)N2CCOCC2)c1. The van der Waals surface area contributed by atoms with Gasteiger partial charge in [-0.1, -0.05) is 31.2 Å². The van der Waals surface area contributed by atoms with Gasteiger partial charge in [0.2, 0.25) is 5.91 Å².